The van der Waals surface area contributed by atoms with Crippen LogP contribution >= 0.6 is 0 Å². The number of aryl methyl sites for hydroxylation is 1. The molecule has 0 atom stereocenters. The van der Waals surface area contributed by atoms with Crippen molar-refractivity contribution in [3.63, 3.8) is 0 Å². The highest BCUT2D eigenvalue weighted by molar-refractivity contribution is 5.80. The summed E-state index contributed by atoms with van der Waals surface area (Å²) in [6.07, 6.45) is 1.93. The van der Waals surface area contributed by atoms with Crippen LogP contribution in [0, 0.1) is 6.92 Å². The van der Waals surface area contributed by atoms with Crippen LogP contribution in [-0.2, 0) is 6.61 Å². The third kappa shape index (κ3) is 2.20. The van der Waals surface area contributed by atoms with E-state index in [1.165, 1.54) is 0 Å². The molecule has 2 aromatic heterocycles. The molecule has 3 aromatic rings. The van der Waals surface area contributed by atoms with Crippen molar-refractivity contribution in [3.8, 4) is 5.75 Å². The first-order valence-corrected chi connectivity index (χ1v) is 5.94. The van der Waals surface area contributed by atoms with Crippen molar-refractivity contribution < 1.29 is 4.74 Å². The molecule has 0 fully saturated rings. The van der Waals surface area contributed by atoms with Gasteiger partial charge < -0.3 is 9.72 Å². The molecule has 0 spiro atoms. The monoisotopic (exact) mass is 238 g/mol. The SMILES string of the molecule is Cc1cccc(COc2ccc3[nH]ccc3c2)n1. The van der Waals surface area contributed by atoms with Gasteiger partial charge in [0.05, 0.1) is 5.69 Å². The lowest BCUT2D eigenvalue weighted by molar-refractivity contribution is 0.301. The van der Waals surface area contributed by atoms with Gasteiger partial charge in [-0.3, -0.25) is 4.98 Å². The van der Waals surface area contributed by atoms with Crippen molar-refractivity contribution in [1.29, 1.82) is 0 Å². The molecule has 1 N–H and O–H groups in total. The predicted molar refractivity (Wildman–Crippen MR) is 71.6 cm³/mol. The molecule has 18 heavy (non-hydrogen) atoms. The van der Waals surface area contributed by atoms with Crippen LogP contribution in [0.1, 0.15) is 11.4 Å². The predicted octanol–water partition coefficient (Wildman–Crippen LogP) is 3.45. The maximum absolute atomic E-state index is 5.75. The van der Waals surface area contributed by atoms with Crippen LogP contribution in [0.4, 0.5) is 0 Å². The number of H-pyrrole nitrogens is 1. The van der Waals surface area contributed by atoms with E-state index in [1.54, 1.807) is 0 Å². The summed E-state index contributed by atoms with van der Waals surface area (Å²) in [4.78, 5) is 7.57. The summed E-state index contributed by atoms with van der Waals surface area (Å²) in [5, 5.41) is 1.16. The minimum atomic E-state index is 0.498. The molecule has 3 nitrogen and oxygen atoms in total. The largest absolute Gasteiger partial charge is 0.487 e. The summed E-state index contributed by atoms with van der Waals surface area (Å²) < 4.78 is 5.75. The van der Waals surface area contributed by atoms with Gasteiger partial charge in [-0.25, -0.2) is 0 Å². The lowest BCUT2D eigenvalue weighted by Crippen LogP contribution is -1.98. The number of benzene rings is 1. The summed E-state index contributed by atoms with van der Waals surface area (Å²) in [5.41, 5.74) is 3.08. The van der Waals surface area contributed by atoms with Crippen LogP contribution < -0.4 is 4.74 Å². The Morgan fingerprint density at radius 1 is 1.17 bits per heavy atom. The van der Waals surface area contributed by atoms with Gasteiger partial charge >= 0.3 is 0 Å². The number of hydrogen-bond donors (Lipinski definition) is 1. The maximum Gasteiger partial charge on any atom is 0.130 e. The Labute approximate surface area is 105 Å². The highest BCUT2D eigenvalue weighted by Gasteiger charge is 2.00. The van der Waals surface area contributed by atoms with Crippen LogP contribution in [0.5, 0.6) is 5.75 Å². The minimum absolute atomic E-state index is 0.498. The molecule has 0 aliphatic rings. The second-order valence-corrected chi connectivity index (χ2v) is 4.29. The molecule has 0 bridgehead atoms. The standard InChI is InChI=1S/C15H14N2O/c1-11-3-2-4-13(17-11)10-18-14-5-6-15-12(9-14)7-8-16-15/h2-9,16H,10H2,1H3. The second kappa shape index (κ2) is 4.53. The zero-order valence-corrected chi connectivity index (χ0v) is 10.2. The highest BCUT2D eigenvalue weighted by Crippen LogP contribution is 2.20. The van der Waals surface area contributed by atoms with Crippen LogP contribution in [0.25, 0.3) is 10.9 Å². The third-order valence-corrected chi connectivity index (χ3v) is 2.86. The molecule has 1 aromatic carbocycles. The number of nitrogens with one attached hydrogen (secondary N) is 1. The van der Waals surface area contributed by atoms with Gasteiger partial charge in [0.2, 0.25) is 0 Å². The topological polar surface area (TPSA) is 37.9 Å². The van der Waals surface area contributed by atoms with Gasteiger partial charge in [-0.05, 0) is 43.3 Å². The average Bonchev–Trinajstić information content (AvgIpc) is 2.84. The molecular weight excluding hydrogens is 224 g/mol. The quantitative estimate of drug-likeness (QED) is 0.759. The van der Waals surface area contributed by atoms with E-state index in [1.807, 2.05) is 55.6 Å². The normalized spacial score (nSPS) is 10.7. The maximum atomic E-state index is 5.75. The Kier molecular flexibility index (Phi) is 2.73. The van der Waals surface area contributed by atoms with Gasteiger partial charge in [0.1, 0.15) is 12.4 Å². The van der Waals surface area contributed by atoms with Crippen LogP contribution in [0.2, 0.25) is 0 Å². The Bertz CT molecular complexity index is 673. The zero-order valence-electron chi connectivity index (χ0n) is 10.2. The summed E-state index contributed by atoms with van der Waals surface area (Å²) in [6, 6.07) is 14.0. The number of rotatable bonds is 3. The van der Waals surface area contributed by atoms with E-state index < -0.39 is 0 Å². The summed E-state index contributed by atoms with van der Waals surface area (Å²) >= 11 is 0. The van der Waals surface area contributed by atoms with Gasteiger partial charge in [0.25, 0.3) is 0 Å². The molecule has 0 aliphatic carbocycles. The van der Waals surface area contributed by atoms with Crippen LogP contribution in [0.15, 0.2) is 48.7 Å². The van der Waals surface area contributed by atoms with E-state index in [0.29, 0.717) is 6.61 Å². The fourth-order valence-electron chi connectivity index (χ4n) is 1.96. The lowest BCUT2D eigenvalue weighted by atomic mass is 10.2. The van der Waals surface area contributed by atoms with Gasteiger partial charge in [0, 0.05) is 22.8 Å². The summed E-state index contributed by atoms with van der Waals surface area (Å²) in [5.74, 6) is 0.866. The van der Waals surface area contributed by atoms with Crippen molar-refractivity contribution >= 4 is 10.9 Å². The third-order valence-electron chi connectivity index (χ3n) is 2.86. The first-order chi connectivity index (χ1) is 8.81. The molecule has 2 heterocycles. The molecular formula is C15H14N2O. The van der Waals surface area contributed by atoms with E-state index in [9.17, 15) is 0 Å². The Morgan fingerprint density at radius 3 is 3.00 bits per heavy atom. The summed E-state index contributed by atoms with van der Waals surface area (Å²) in [6.45, 7) is 2.48. The molecule has 90 valence electrons. The molecule has 0 unspecified atom stereocenters. The fraction of sp³-hybridized carbons (Fsp3) is 0.133. The van der Waals surface area contributed by atoms with Crippen LogP contribution in [0.3, 0.4) is 0 Å². The summed E-state index contributed by atoms with van der Waals surface area (Å²) in [7, 11) is 0. The average molecular weight is 238 g/mol. The fourth-order valence-corrected chi connectivity index (χ4v) is 1.96. The minimum Gasteiger partial charge on any atom is -0.487 e. The van der Waals surface area contributed by atoms with Crippen molar-refractivity contribution in [2.45, 2.75) is 13.5 Å². The first-order valence-electron chi connectivity index (χ1n) is 5.94. The van der Waals surface area contributed by atoms with Gasteiger partial charge in [-0.1, -0.05) is 6.07 Å². The first kappa shape index (κ1) is 10.8. The molecule has 0 aliphatic heterocycles. The van der Waals surface area contributed by atoms with Gasteiger partial charge in [0.15, 0.2) is 0 Å². The molecule has 3 rings (SSSR count). The number of ether oxygens (including phenoxy) is 1. The molecule has 3 heteroatoms. The number of aromatic nitrogens is 2. The molecule has 0 saturated heterocycles. The van der Waals surface area contributed by atoms with E-state index in [4.69, 9.17) is 4.74 Å². The number of aromatic amines is 1. The number of hydrogen-bond acceptors (Lipinski definition) is 2. The Morgan fingerprint density at radius 2 is 2.11 bits per heavy atom. The van der Waals surface area contributed by atoms with Gasteiger partial charge in [-0.15, -0.1) is 0 Å². The second-order valence-electron chi connectivity index (χ2n) is 4.29. The number of pyridine rings is 1. The van der Waals surface area contributed by atoms with Crippen LogP contribution in [-0.4, -0.2) is 9.97 Å². The molecule has 0 saturated carbocycles. The van der Waals surface area contributed by atoms with Crippen molar-refractivity contribution in [2.75, 3.05) is 0 Å². The molecule has 0 radical (unpaired) electrons. The van der Waals surface area contributed by atoms with Crippen molar-refractivity contribution in [1.82, 2.24) is 9.97 Å². The number of fused-ring (bicyclic) bond motifs is 1. The van der Waals surface area contributed by atoms with E-state index >= 15 is 0 Å². The van der Waals surface area contributed by atoms with E-state index in [2.05, 4.69) is 9.97 Å². The Balaban J connectivity index is 1.76. The molecule has 0 amide bonds. The Hall–Kier alpha value is -2.29. The number of nitrogens with zero attached hydrogens (tertiary/aromatic N) is 1. The highest BCUT2D eigenvalue weighted by atomic mass is 16.5. The van der Waals surface area contributed by atoms with E-state index in [0.717, 1.165) is 28.0 Å². The smallest absolute Gasteiger partial charge is 0.130 e. The zero-order chi connectivity index (χ0) is 12.4. The lowest BCUT2D eigenvalue weighted by Gasteiger charge is -2.06. The van der Waals surface area contributed by atoms with Gasteiger partial charge in [-0.2, -0.15) is 0 Å². The van der Waals surface area contributed by atoms with E-state index in [-0.39, 0.29) is 0 Å². The van der Waals surface area contributed by atoms with Crippen molar-refractivity contribution in [2.24, 2.45) is 0 Å². The van der Waals surface area contributed by atoms with Crippen molar-refractivity contribution in [3.05, 3.63) is 60.0 Å².